The fourth-order valence-electron chi connectivity index (χ4n) is 1.66. The summed E-state index contributed by atoms with van der Waals surface area (Å²) in [6.45, 7) is 11.9. The first kappa shape index (κ1) is 25.3. The molecule has 0 aromatic rings. The molecule has 28 heavy (non-hydrogen) atoms. The highest BCUT2D eigenvalue weighted by molar-refractivity contribution is 5.92. The average molecular weight is 404 g/mol. The monoisotopic (exact) mass is 404 g/mol. The molecule has 2 amide bonds. The summed E-state index contributed by atoms with van der Waals surface area (Å²) < 4.78 is 15.0. The molecule has 162 valence electrons. The predicted molar refractivity (Wildman–Crippen MR) is 101 cm³/mol. The van der Waals surface area contributed by atoms with E-state index in [0.29, 0.717) is 0 Å². The molecule has 0 radical (unpaired) electrons. The third kappa shape index (κ3) is 13.5. The molecular formula is C17H32N4O7. The summed E-state index contributed by atoms with van der Waals surface area (Å²) in [5.41, 5.74) is 4.09. The highest BCUT2D eigenvalue weighted by Crippen LogP contribution is 2.08. The minimum Gasteiger partial charge on any atom is -0.464 e. The topological polar surface area (TPSA) is 151 Å². The zero-order valence-electron chi connectivity index (χ0n) is 17.6. The first-order valence-corrected chi connectivity index (χ1v) is 8.85. The molecule has 0 saturated carbocycles. The summed E-state index contributed by atoms with van der Waals surface area (Å²) in [4.78, 5) is 40.3. The number of amides is 2. The number of carbonyl (C=O) groups is 3. The number of nitrogens with one attached hydrogen (secondary N) is 2. The Morgan fingerprint density at radius 1 is 1.00 bits per heavy atom. The van der Waals surface area contributed by atoms with E-state index in [1.807, 2.05) is 0 Å². The Bertz CT molecular complexity index is 565. The van der Waals surface area contributed by atoms with Crippen molar-refractivity contribution in [3.05, 3.63) is 0 Å². The van der Waals surface area contributed by atoms with Crippen LogP contribution in [-0.4, -0.2) is 54.6 Å². The van der Waals surface area contributed by atoms with E-state index in [1.54, 1.807) is 48.5 Å². The van der Waals surface area contributed by atoms with Crippen molar-refractivity contribution in [3.8, 4) is 0 Å². The third-order valence-corrected chi connectivity index (χ3v) is 2.55. The Balaban J connectivity index is 4.59. The number of nitrogens with two attached hydrogens (primary N) is 1. The summed E-state index contributed by atoms with van der Waals surface area (Å²) in [7, 11) is 0. The van der Waals surface area contributed by atoms with Gasteiger partial charge in [0.1, 0.15) is 23.9 Å². The van der Waals surface area contributed by atoms with Crippen LogP contribution in [0.5, 0.6) is 0 Å². The van der Waals surface area contributed by atoms with Crippen molar-refractivity contribution in [2.45, 2.75) is 72.1 Å². The molecule has 0 bridgehead atoms. The van der Waals surface area contributed by atoms with Gasteiger partial charge < -0.3 is 30.1 Å². The number of alkyl carbamates (subject to hydrolysis) is 2. The molecule has 0 rings (SSSR count). The van der Waals surface area contributed by atoms with Crippen molar-refractivity contribution in [2.75, 3.05) is 13.2 Å². The number of ether oxygens (including phenoxy) is 3. The van der Waals surface area contributed by atoms with E-state index in [-0.39, 0.29) is 25.6 Å². The van der Waals surface area contributed by atoms with E-state index in [0.717, 1.165) is 0 Å². The number of hydrogen-bond acceptors (Lipinski definition) is 8. The Hall–Kier alpha value is -2.72. The van der Waals surface area contributed by atoms with Crippen LogP contribution in [0.2, 0.25) is 0 Å². The normalized spacial score (nSPS) is 13.2. The lowest BCUT2D eigenvalue weighted by atomic mass is 10.2. The molecule has 0 aromatic carbocycles. The third-order valence-electron chi connectivity index (χ3n) is 2.55. The van der Waals surface area contributed by atoms with Crippen LogP contribution in [0.15, 0.2) is 5.16 Å². The lowest BCUT2D eigenvalue weighted by molar-refractivity contribution is -0.146. The van der Waals surface area contributed by atoms with Crippen molar-refractivity contribution in [3.63, 3.8) is 0 Å². The van der Waals surface area contributed by atoms with Crippen molar-refractivity contribution in [2.24, 2.45) is 10.9 Å². The molecule has 0 fully saturated rings. The second kappa shape index (κ2) is 11.2. The molecule has 11 heteroatoms. The second-order valence-corrected chi connectivity index (χ2v) is 7.68. The van der Waals surface area contributed by atoms with Gasteiger partial charge in [0.15, 0.2) is 0 Å². The first-order chi connectivity index (χ1) is 12.7. The van der Waals surface area contributed by atoms with Crippen molar-refractivity contribution in [1.82, 2.24) is 10.6 Å². The van der Waals surface area contributed by atoms with Crippen LogP contribution in [0, 0.1) is 0 Å². The van der Waals surface area contributed by atoms with Gasteiger partial charge in [-0.2, -0.15) is 0 Å². The number of nitrogens with zero attached hydrogens (tertiary/aromatic N) is 1. The summed E-state index contributed by atoms with van der Waals surface area (Å²) in [5.74, 6) is -0.956. The van der Waals surface area contributed by atoms with E-state index < -0.39 is 35.4 Å². The Morgan fingerprint density at radius 2 is 1.54 bits per heavy atom. The molecule has 0 aliphatic carbocycles. The standard InChI is InChI=1S/C17H32N4O7/c1-8-25-12(22)11(19-14(23)27-16(2,3)4)9-10-26-21-13(18)20-15(24)28-17(5,6)7/h11H,8-10H2,1-7H3,(H,19,23)(H3,18,20,21,24). The molecule has 1 atom stereocenters. The summed E-state index contributed by atoms with van der Waals surface area (Å²) in [6.07, 6.45) is -1.50. The van der Waals surface area contributed by atoms with Crippen molar-refractivity contribution in [1.29, 1.82) is 0 Å². The number of guanidine groups is 1. The van der Waals surface area contributed by atoms with Crippen LogP contribution in [0.1, 0.15) is 54.9 Å². The van der Waals surface area contributed by atoms with Crippen LogP contribution in [0.25, 0.3) is 0 Å². The Labute approximate surface area is 165 Å². The van der Waals surface area contributed by atoms with Gasteiger partial charge in [-0.05, 0) is 53.6 Å². The molecule has 0 spiro atoms. The summed E-state index contributed by atoms with van der Waals surface area (Å²) in [5, 5.41) is 8.10. The van der Waals surface area contributed by atoms with Crippen molar-refractivity contribution >= 4 is 24.1 Å². The minimum absolute atomic E-state index is 0.0430. The Morgan fingerprint density at radius 3 is 2.04 bits per heavy atom. The lowest BCUT2D eigenvalue weighted by Gasteiger charge is -2.22. The van der Waals surface area contributed by atoms with Gasteiger partial charge in [-0.15, -0.1) is 0 Å². The molecule has 1 unspecified atom stereocenters. The highest BCUT2D eigenvalue weighted by atomic mass is 16.6. The fourth-order valence-corrected chi connectivity index (χ4v) is 1.66. The maximum atomic E-state index is 12.0. The largest absolute Gasteiger partial charge is 0.464 e. The van der Waals surface area contributed by atoms with Gasteiger partial charge in [0.05, 0.1) is 6.61 Å². The minimum atomic E-state index is -0.995. The SMILES string of the molecule is CCOC(=O)C(CCO/N=C(\N)NC(=O)OC(C)(C)C)NC(=O)OC(C)(C)C. The summed E-state index contributed by atoms with van der Waals surface area (Å²) in [6, 6.07) is -0.995. The number of rotatable bonds is 7. The van der Waals surface area contributed by atoms with Crippen molar-refractivity contribution < 1.29 is 33.4 Å². The maximum Gasteiger partial charge on any atom is 0.414 e. The van der Waals surface area contributed by atoms with E-state index in [9.17, 15) is 14.4 Å². The van der Waals surface area contributed by atoms with Crippen LogP contribution in [0.3, 0.4) is 0 Å². The van der Waals surface area contributed by atoms with Crippen LogP contribution in [0.4, 0.5) is 9.59 Å². The van der Waals surface area contributed by atoms with Gasteiger partial charge in [0.2, 0.25) is 5.96 Å². The lowest BCUT2D eigenvalue weighted by Crippen LogP contribution is -2.45. The van der Waals surface area contributed by atoms with E-state index >= 15 is 0 Å². The molecule has 0 saturated heterocycles. The van der Waals surface area contributed by atoms with Gasteiger partial charge in [0.25, 0.3) is 0 Å². The van der Waals surface area contributed by atoms with Gasteiger partial charge in [-0.1, -0.05) is 0 Å². The zero-order valence-corrected chi connectivity index (χ0v) is 17.6. The van der Waals surface area contributed by atoms with Gasteiger partial charge in [-0.25, -0.2) is 14.4 Å². The smallest absolute Gasteiger partial charge is 0.414 e. The van der Waals surface area contributed by atoms with E-state index in [4.69, 9.17) is 24.8 Å². The molecule has 0 aromatic heterocycles. The fraction of sp³-hybridized carbons (Fsp3) is 0.765. The van der Waals surface area contributed by atoms with Gasteiger partial charge in [-0.3, -0.25) is 5.32 Å². The van der Waals surface area contributed by atoms with Crippen LogP contribution in [-0.2, 0) is 23.8 Å². The quantitative estimate of drug-likeness (QED) is 0.145. The highest BCUT2D eigenvalue weighted by Gasteiger charge is 2.25. The van der Waals surface area contributed by atoms with Gasteiger partial charge >= 0.3 is 18.2 Å². The molecule has 0 aliphatic heterocycles. The summed E-state index contributed by atoms with van der Waals surface area (Å²) >= 11 is 0. The molecule has 0 heterocycles. The van der Waals surface area contributed by atoms with E-state index in [2.05, 4.69) is 15.8 Å². The second-order valence-electron chi connectivity index (χ2n) is 7.68. The van der Waals surface area contributed by atoms with E-state index in [1.165, 1.54) is 0 Å². The number of hydrogen-bond donors (Lipinski definition) is 3. The molecular weight excluding hydrogens is 372 g/mol. The van der Waals surface area contributed by atoms with Gasteiger partial charge in [0, 0.05) is 6.42 Å². The predicted octanol–water partition coefficient (Wildman–Crippen LogP) is 1.60. The van der Waals surface area contributed by atoms with Crippen LogP contribution < -0.4 is 16.4 Å². The van der Waals surface area contributed by atoms with Crippen LogP contribution >= 0.6 is 0 Å². The molecule has 4 N–H and O–H groups in total. The maximum absolute atomic E-state index is 12.0. The Kier molecular flexibility index (Phi) is 10.1. The zero-order chi connectivity index (χ0) is 22.0. The average Bonchev–Trinajstić information content (AvgIpc) is 2.46. The molecule has 11 nitrogen and oxygen atoms in total. The first-order valence-electron chi connectivity index (χ1n) is 8.85. The molecule has 0 aliphatic rings. The number of esters is 1. The number of oxime groups is 1. The number of carbonyl (C=O) groups excluding carboxylic acids is 3.